The minimum absolute atomic E-state index is 0.301. The molecule has 0 bridgehead atoms. The zero-order valence-corrected chi connectivity index (χ0v) is 13.8. The third kappa shape index (κ3) is 3.67. The fourth-order valence-corrected chi connectivity index (χ4v) is 3.26. The van der Waals surface area contributed by atoms with Gasteiger partial charge < -0.3 is 19.9 Å². The number of nitrogens with two attached hydrogens (primary N) is 1. The van der Waals surface area contributed by atoms with Crippen molar-refractivity contribution in [2.45, 2.75) is 57.5 Å². The van der Waals surface area contributed by atoms with E-state index in [1.165, 1.54) is 13.8 Å². The standard InChI is InChI=1S/C17H22N2O5/c1-9(20)22-15-7-14(12-5-6-19-8-13(12)18)24-16(11-3-4-11)17(15)23-10(2)21/h5-6,8,11,14-17H,3-4,7,18H2,1-2H3. The number of hydrogen-bond donors (Lipinski definition) is 1. The number of aromatic nitrogens is 1. The molecule has 1 aromatic rings. The number of hydrogen-bond acceptors (Lipinski definition) is 7. The Bertz CT molecular complexity index is 631. The van der Waals surface area contributed by atoms with E-state index in [1.54, 1.807) is 18.5 Å². The first-order valence-electron chi connectivity index (χ1n) is 8.15. The Kier molecular flexibility index (Phi) is 4.71. The third-order valence-corrected chi connectivity index (χ3v) is 4.40. The molecule has 130 valence electrons. The van der Waals surface area contributed by atoms with Gasteiger partial charge in [-0.2, -0.15) is 0 Å². The quantitative estimate of drug-likeness (QED) is 0.837. The molecule has 2 fully saturated rings. The molecule has 4 atom stereocenters. The number of carbonyl (C=O) groups is 2. The molecule has 2 heterocycles. The third-order valence-electron chi connectivity index (χ3n) is 4.40. The first-order chi connectivity index (χ1) is 11.5. The molecular weight excluding hydrogens is 312 g/mol. The van der Waals surface area contributed by atoms with Crippen LogP contribution in [0.25, 0.3) is 0 Å². The van der Waals surface area contributed by atoms with E-state index in [9.17, 15) is 9.59 Å². The lowest BCUT2D eigenvalue weighted by atomic mass is 9.91. The second-order valence-electron chi connectivity index (χ2n) is 6.39. The van der Waals surface area contributed by atoms with Crippen LogP contribution in [0.3, 0.4) is 0 Å². The number of ether oxygens (including phenoxy) is 3. The Hall–Kier alpha value is -2.15. The van der Waals surface area contributed by atoms with E-state index in [1.807, 2.05) is 0 Å². The van der Waals surface area contributed by atoms with Crippen molar-refractivity contribution in [3.05, 3.63) is 24.0 Å². The number of carbonyl (C=O) groups excluding carboxylic acids is 2. The van der Waals surface area contributed by atoms with E-state index < -0.39 is 24.1 Å². The van der Waals surface area contributed by atoms with Crippen molar-refractivity contribution in [3.8, 4) is 0 Å². The number of nitrogens with zero attached hydrogens (tertiary/aromatic N) is 1. The van der Waals surface area contributed by atoms with E-state index in [4.69, 9.17) is 19.9 Å². The van der Waals surface area contributed by atoms with Gasteiger partial charge in [-0.15, -0.1) is 0 Å². The Morgan fingerprint density at radius 1 is 1.25 bits per heavy atom. The highest BCUT2D eigenvalue weighted by atomic mass is 16.6. The van der Waals surface area contributed by atoms with E-state index in [2.05, 4.69) is 4.98 Å². The summed E-state index contributed by atoms with van der Waals surface area (Å²) in [6, 6.07) is 1.81. The van der Waals surface area contributed by atoms with E-state index in [-0.39, 0.29) is 12.2 Å². The van der Waals surface area contributed by atoms with Crippen molar-refractivity contribution in [1.29, 1.82) is 0 Å². The second-order valence-corrected chi connectivity index (χ2v) is 6.39. The van der Waals surface area contributed by atoms with Gasteiger partial charge in [0.25, 0.3) is 0 Å². The van der Waals surface area contributed by atoms with Gasteiger partial charge in [0.15, 0.2) is 6.10 Å². The monoisotopic (exact) mass is 334 g/mol. The van der Waals surface area contributed by atoms with Crippen LogP contribution in [0.1, 0.15) is 44.8 Å². The van der Waals surface area contributed by atoms with Crippen LogP contribution in [0.2, 0.25) is 0 Å². The molecule has 3 rings (SSSR count). The first-order valence-corrected chi connectivity index (χ1v) is 8.15. The van der Waals surface area contributed by atoms with Gasteiger partial charge in [0, 0.05) is 32.0 Å². The van der Waals surface area contributed by atoms with Gasteiger partial charge in [-0.05, 0) is 24.8 Å². The first kappa shape index (κ1) is 16.7. The number of anilines is 1. The Morgan fingerprint density at radius 2 is 1.96 bits per heavy atom. The summed E-state index contributed by atoms with van der Waals surface area (Å²) in [6.07, 6.45) is 3.86. The predicted molar refractivity (Wildman–Crippen MR) is 84.7 cm³/mol. The Morgan fingerprint density at radius 3 is 2.54 bits per heavy atom. The molecule has 1 saturated carbocycles. The highest BCUT2D eigenvalue weighted by Crippen LogP contribution is 2.45. The smallest absolute Gasteiger partial charge is 0.303 e. The molecule has 7 heteroatoms. The topological polar surface area (TPSA) is 101 Å². The second kappa shape index (κ2) is 6.76. The summed E-state index contributed by atoms with van der Waals surface area (Å²) in [5.74, 6) is -0.512. The molecular formula is C17H22N2O5. The van der Waals surface area contributed by atoms with Gasteiger partial charge in [-0.1, -0.05) is 0 Å². The molecule has 2 aliphatic rings. The van der Waals surface area contributed by atoms with Crippen LogP contribution in [0.4, 0.5) is 5.69 Å². The minimum Gasteiger partial charge on any atom is -0.458 e. The fourth-order valence-electron chi connectivity index (χ4n) is 3.26. The van der Waals surface area contributed by atoms with Crippen LogP contribution < -0.4 is 5.73 Å². The lowest BCUT2D eigenvalue weighted by Crippen LogP contribution is -2.50. The summed E-state index contributed by atoms with van der Waals surface area (Å²) in [7, 11) is 0. The minimum atomic E-state index is -0.585. The van der Waals surface area contributed by atoms with E-state index >= 15 is 0 Å². The average molecular weight is 334 g/mol. The molecule has 0 amide bonds. The van der Waals surface area contributed by atoms with Crippen molar-refractivity contribution in [1.82, 2.24) is 4.98 Å². The van der Waals surface area contributed by atoms with E-state index in [0.717, 1.165) is 18.4 Å². The predicted octanol–water partition coefficient (Wildman–Crippen LogP) is 1.77. The zero-order chi connectivity index (χ0) is 17.3. The van der Waals surface area contributed by atoms with Crippen molar-refractivity contribution in [2.24, 2.45) is 5.92 Å². The largest absolute Gasteiger partial charge is 0.458 e. The maximum atomic E-state index is 11.5. The lowest BCUT2D eigenvalue weighted by molar-refractivity contribution is -0.211. The molecule has 1 aliphatic heterocycles. The molecule has 0 radical (unpaired) electrons. The molecule has 0 spiro atoms. The van der Waals surface area contributed by atoms with Crippen LogP contribution in [0.5, 0.6) is 0 Å². The van der Waals surface area contributed by atoms with Crippen LogP contribution in [-0.2, 0) is 23.8 Å². The number of pyridine rings is 1. The molecule has 0 aromatic carbocycles. The van der Waals surface area contributed by atoms with E-state index in [0.29, 0.717) is 18.0 Å². The van der Waals surface area contributed by atoms with Gasteiger partial charge in [0.05, 0.1) is 18.0 Å². The van der Waals surface area contributed by atoms with Crippen LogP contribution in [0, 0.1) is 5.92 Å². The molecule has 1 saturated heterocycles. The van der Waals surface area contributed by atoms with Gasteiger partial charge in [-0.3, -0.25) is 14.6 Å². The summed E-state index contributed by atoms with van der Waals surface area (Å²) in [5.41, 5.74) is 7.36. The summed E-state index contributed by atoms with van der Waals surface area (Å²) in [5, 5.41) is 0. The van der Waals surface area contributed by atoms with Crippen molar-refractivity contribution >= 4 is 17.6 Å². The number of rotatable bonds is 4. The van der Waals surface area contributed by atoms with Crippen LogP contribution in [0.15, 0.2) is 18.5 Å². The summed E-state index contributed by atoms with van der Waals surface area (Å²) in [6.45, 7) is 2.70. The molecule has 24 heavy (non-hydrogen) atoms. The van der Waals surface area contributed by atoms with Crippen molar-refractivity contribution < 1.29 is 23.8 Å². The maximum Gasteiger partial charge on any atom is 0.303 e. The van der Waals surface area contributed by atoms with Gasteiger partial charge >= 0.3 is 11.9 Å². The molecule has 2 N–H and O–H groups in total. The highest BCUT2D eigenvalue weighted by molar-refractivity contribution is 5.67. The van der Waals surface area contributed by atoms with Crippen molar-refractivity contribution in [2.75, 3.05) is 5.73 Å². The normalized spacial score (nSPS) is 29.8. The van der Waals surface area contributed by atoms with Gasteiger partial charge in [-0.25, -0.2) is 0 Å². The highest BCUT2D eigenvalue weighted by Gasteiger charge is 2.49. The maximum absolute atomic E-state index is 11.5. The van der Waals surface area contributed by atoms with Gasteiger partial charge in [0.1, 0.15) is 12.2 Å². The Labute approximate surface area is 140 Å². The molecule has 7 nitrogen and oxygen atoms in total. The fraction of sp³-hybridized carbons (Fsp3) is 0.588. The van der Waals surface area contributed by atoms with Gasteiger partial charge in [0.2, 0.25) is 0 Å². The zero-order valence-electron chi connectivity index (χ0n) is 13.8. The molecule has 1 aliphatic carbocycles. The number of nitrogen functional groups attached to an aromatic ring is 1. The SMILES string of the molecule is CC(=O)OC1CC(c2ccncc2N)OC(C2CC2)C1OC(C)=O. The average Bonchev–Trinajstić information content (AvgIpc) is 3.33. The van der Waals surface area contributed by atoms with Crippen LogP contribution in [-0.4, -0.2) is 35.2 Å². The lowest BCUT2D eigenvalue weighted by Gasteiger charge is -2.41. The summed E-state index contributed by atoms with van der Waals surface area (Å²) >= 11 is 0. The van der Waals surface area contributed by atoms with Crippen LogP contribution >= 0.6 is 0 Å². The molecule has 1 aromatic heterocycles. The molecule has 4 unspecified atom stereocenters. The van der Waals surface area contributed by atoms with Crippen molar-refractivity contribution in [3.63, 3.8) is 0 Å². The summed E-state index contributed by atoms with van der Waals surface area (Å²) < 4.78 is 17.1. The summed E-state index contributed by atoms with van der Waals surface area (Å²) in [4.78, 5) is 27.0. The Balaban J connectivity index is 1.88. The number of esters is 2.